The van der Waals surface area contributed by atoms with E-state index in [0.717, 1.165) is 23.3 Å². The summed E-state index contributed by atoms with van der Waals surface area (Å²) in [7, 11) is 0. The number of fused-ring (bicyclic) bond motifs is 1. The molecule has 4 aromatic rings. The summed E-state index contributed by atoms with van der Waals surface area (Å²) in [5.74, 6) is -2.45. The van der Waals surface area contributed by atoms with E-state index < -0.39 is 29.5 Å². The summed E-state index contributed by atoms with van der Waals surface area (Å²) in [5.41, 5.74) is 5.99. The number of carbonyl (C=O) groups excluding carboxylic acids is 1. The largest absolute Gasteiger partial charge is 0.505 e. The number of phenolic OH excluding ortho intramolecular Hbond substituents is 1. The van der Waals surface area contributed by atoms with Crippen LogP contribution in [-0.2, 0) is 15.8 Å². The number of anilines is 3. The van der Waals surface area contributed by atoms with Crippen molar-refractivity contribution in [2.45, 2.75) is 32.9 Å². The van der Waals surface area contributed by atoms with Crippen LogP contribution in [0.1, 0.15) is 40.7 Å². The molecule has 1 aliphatic heterocycles. The second kappa shape index (κ2) is 10.7. The van der Waals surface area contributed by atoms with Crippen molar-refractivity contribution in [3.63, 3.8) is 0 Å². The Kier molecular flexibility index (Phi) is 7.24. The standard InChI is InChI=1S/C32H26F3N3O4/c1-17-7-13-23(15-18(17)2)38-27-16-22(32(33,34)35)12-14-25(27)28(30(38)40)37-36-26-6-4-5-24(29(26)39)21-10-8-20(9-11-21)19(3)31(41)42/h4-16,19,36,39H,1-3H3,(H,41,42)/b37-28-/t19-/m1/s1. The first-order valence-electron chi connectivity index (χ1n) is 13.0. The van der Waals surface area contributed by atoms with E-state index in [2.05, 4.69) is 10.5 Å². The highest BCUT2D eigenvalue weighted by Gasteiger charge is 2.39. The van der Waals surface area contributed by atoms with Crippen LogP contribution in [0.15, 0.2) is 84.0 Å². The van der Waals surface area contributed by atoms with Crippen LogP contribution in [0, 0.1) is 13.8 Å². The molecular weight excluding hydrogens is 547 g/mol. The van der Waals surface area contributed by atoms with Gasteiger partial charge in [0.2, 0.25) is 0 Å². The molecule has 0 bridgehead atoms. The quantitative estimate of drug-likeness (QED) is 0.165. The second-order valence-corrected chi connectivity index (χ2v) is 10.1. The minimum atomic E-state index is -4.61. The van der Waals surface area contributed by atoms with Crippen molar-refractivity contribution in [2.24, 2.45) is 5.10 Å². The fourth-order valence-corrected chi connectivity index (χ4v) is 4.73. The first kappa shape index (κ1) is 28.4. The lowest BCUT2D eigenvalue weighted by Gasteiger charge is -2.19. The van der Waals surface area contributed by atoms with E-state index in [1.165, 1.54) is 17.0 Å². The molecule has 0 unspecified atom stereocenters. The molecule has 0 aliphatic carbocycles. The van der Waals surface area contributed by atoms with E-state index >= 15 is 0 Å². The Labute approximate surface area is 239 Å². The predicted molar refractivity (Wildman–Crippen MR) is 154 cm³/mol. The lowest BCUT2D eigenvalue weighted by atomic mass is 9.97. The molecule has 1 amide bonds. The van der Waals surface area contributed by atoms with Crippen molar-refractivity contribution >= 4 is 34.7 Å². The molecule has 0 fully saturated rings. The molecule has 0 saturated heterocycles. The van der Waals surface area contributed by atoms with Crippen LogP contribution in [0.2, 0.25) is 0 Å². The molecule has 0 spiro atoms. The smallest absolute Gasteiger partial charge is 0.416 e. The molecule has 7 nitrogen and oxygen atoms in total. The maximum atomic E-state index is 13.6. The summed E-state index contributed by atoms with van der Waals surface area (Å²) in [6.07, 6.45) is -4.61. The van der Waals surface area contributed by atoms with Gasteiger partial charge in [0, 0.05) is 16.8 Å². The number of benzene rings is 4. The van der Waals surface area contributed by atoms with E-state index in [4.69, 9.17) is 0 Å². The number of nitrogens with zero attached hydrogens (tertiary/aromatic N) is 2. The highest BCUT2D eigenvalue weighted by Crippen LogP contribution is 2.41. The van der Waals surface area contributed by atoms with Gasteiger partial charge in [-0.2, -0.15) is 18.3 Å². The summed E-state index contributed by atoms with van der Waals surface area (Å²) in [4.78, 5) is 26.1. The van der Waals surface area contributed by atoms with E-state index in [1.807, 2.05) is 13.8 Å². The molecule has 42 heavy (non-hydrogen) atoms. The van der Waals surface area contributed by atoms with Gasteiger partial charge in [-0.3, -0.25) is 19.9 Å². The summed E-state index contributed by atoms with van der Waals surface area (Å²) in [5, 5.41) is 24.5. The Morgan fingerprint density at radius 1 is 0.929 bits per heavy atom. The van der Waals surface area contributed by atoms with E-state index in [-0.39, 0.29) is 28.4 Å². The average molecular weight is 574 g/mol. The number of aliphatic carboxylic acids is 1. The lowest BCUT2D eigenvalue weighted by Crippen LogP contribution is -2.26. The molecule has 0 saturated carbocycles. The number of carboxylic acid groups (broad SMARTS) is 1. The number of rotatable bonds is 6. The highest BCUT2D eigenvalue weighted by molar-refractivity contribution is 6.55. The summed E-state index contributed by atoms with van der Waals surface area (Å²) in [6, 6.07) is 19.8. The number of para-hydroxylation sites is 1. The van der Waals surface area contributed by atoms with Gasteiger partial charge < -0.3 is 10.2 Å². The number of alkyl halides is 3. The summed E-state index contributed by atoms with van der Waals surface area (Å²) < 4.78 is 40.8. The number of carboxylic acids is 1. The number of nitrogens with one attached hydrogen (secondary N) is 1. The number of carbonyl (C=O) groups is 2. The number of phenols is 1. The number of aromatic hydroxyl groups is 1. The maximum absolute atomic E-state index is 13.6. The maximum Gasteiger partial charge on any atom is 0.416 e. The van der Waals surface area contributed by atoms with Gasteiger partial charge in [0.1, 0.15) is 5.75 Å². The minimum absolute atomic E-state index is 0.0484. The first-order valence-corrected chi connectivity index (χ1v) is 13.0. The number of hydrazone groups is 1. The molecule has 0 aromatic heterocycles. The first-order chi connectivity index (χ1) is 19.9. The number of amides is 1. The van der Waals surface area contributed by atoms with Crippen LogP contribution in [-0.4, -0.2) is 27.8 Å². The molecule has 0 radical (unpaired) electrons. The normalized spacial score (nSPS) is 14.7. The van der Waals surface area contributed by atoms with Gasteiger partial charge in [-0.1, -0.05) is 42.5 Å². The van der Waals surface area contributed by atoms with Gasteiger partial charge in [0.25, 0.3) is 5.91 Å². The molecule has 214 valence electrons. The Balaban J connectivity index is 1.52. The van der Waals surface area contributed by atoms with Crippen LogP contribution >= 0.6 is 0 Å². The van der Waals surface area contributed by atoms with E-state index in [1.54, 1.807) is 61.5 Å². The molecule has 10 heteroatoms. The Morgan fingerprint density at radius 2 is 1.64 bits per heavy atom. The predicted octanol–water partition coefficient (Wildman–Crippen LogP) is 7.38. The number of halogens is 3. The molecule has 1 heterocycles. The monoisotopic (exact) mass is 573 g/mol. The third-order valence-corrected chi connectivity index (χ3v) is 7.39. The number of aryl methyl sites for hydroxylation is 2. The summed E-state index contributed by atoms with van der Waals surface area (Å²) >= 11 is 0. The zero-order chi connectivity index (χ0) is 30.3. The second-order valence-electron chi connectivity index (χ2n) is 10.1. The van der Waals surface area contributed by atoms with Crippen LogP contribution in [0.4, 0.5) is 30.2 Å². The lowest BCUT2D eigenvalue weighted by molar-refractivity contribution is -0.138. The van der Waals surface area contributed by atoms with E-state index in [9.17, 15) is 33.0 Å². The average Bonchev–Trinajstić information content (AvgIpc) is 3.23. The van der Waals surface area contributed by atoms with Gasteiger partial charge >= 0.3 is 12.1 Å². The Bertz CT molecular complexity index is 1750. The van der Waals surface area contributed by atoms with E-state index in [0.29, 0.717) is 22.4 Å². The van der Waals surface area contributed by atoms with Crippen LogP contribution in [0.5, 0.6) is 5.75 Å². The summed E-state index contributed by atoms with van der Waals surface area (Å²) in [6.45, 7) is 5.31. The van der Waals surface area contributed by atoms with Gasteiger partial charge in [0.15, 0.2) is 5.71 Å². The number of hydrogen-bond donors (Lipinski definition) is 3. The van der Waals surface area contributed by atoms with Gasteiger partial charge in [-0.05, 0) is 79.4 Å². The molecular formula is C32H26F3N3O4. The van der Waals surface area contributed by atoms with Crippen molar-refractivity contribution in [1.82, 2.24) is 0 Å². The Morgan fingerprint density at radius 3 is 2.29 bits per heavy atom. The van der Waals surface area contributed by atoms with Crippen molar-refractivity contribution < 1.29 is 33.0 Å². The molecule has 3 N–H and O–H groups in total. The van der Waals surface area contributed by atoms with Crippen molar-refractivity contribution in [2.75, 3.05) is 10.3 Å². The van der Waals surface area contributed by atoms with Gasteiger partial charge in [0.05, 0.1) is 22.9 Å². The third kappa shape index (κ3) is 5.18. The molecule has 1 aliphatic rings. The zero-order valence-corrected chi connectivity index (χ0v) is 22.8. The SMILES string of the molecule is Cc1ccc(N2C(=O)/C(=N\Nc3cccc(-c4ccc([C@@H](C)C(=O)O)cc4)c3O)c3ccc(C(F)(F)F)cc32)cc1C. The van der Waals surface area contributed by atoms with Crippen LogP contribution < -0.4 is 10.3 Å². The van der Waals surface area contributed by atoms with Crippen LogP contribution in [0.3, 0.4) is 0 Å². The van der Waals surface area contributed by atoms with Crippen molar-refractivity contribution in [3.8, 4) is 16.9 Å². The van der Waals surface area contributed by atoms with Gasteiger partial charge in [-0.15, -0.1) is 0 Å². The molecule has 4 aromatic carbocycles. The van der Waals surface area contributed by atoms with Gasteiger partial charge in [-0.25, -0.2) is 0 Å². The van der Waals surface area contributed by atoms with Crippen molar-refractivity contribution in [3.05, 3.63) is 107 Å². The fraction of sp³-hybridized carbons (Fsp3) is 0.156. The Hall–Kier alpha value is -5.12. The highest BCUT2D eigenvalue weighted by atomic mass is 19.4. The zero-order valence-electron chi connectivity index (χ0n) is 22.8. The minimum Gasteiger partial charge on any atom is -0.505 e. The fourth-order valence-electron chi connectivity index (χ4n) is 4.73. The topological polar surface area (TPSA) is 102 Å². The molecule has 5 rings (SSSR count). The molecule has 1 atom stereocenters. The number of hydrogen-bond acceptors (Lipinski definition) is 5. The third-order valence-electron chi connectivity index (χ3n) is 7.39. The van der Waals surface area contributed by atoms with Crippen LogP contribution in [0.25, 0.3) is 11.1 Å². The van der Waals surface area contributed by atoms with Crippen molar-refractivity contribution in [1.29, 1.82) is 0 Å².